The minimum Gasteiger partial charge on any atom is -0.387 e. The van der Waals surface area contributed by atoms with E-state index in [0.717, 1.165) is 32.5 Å². The van der Waals surface area contributed by atoms with Gasteiger partial charge in [0.05, 0.1) is 11.7 Å². The number of aliphatic hydroxyl groups is 1. The van der Waals surface area contributed by atoms with Crippen molar-refractivity contribution in [2.45, 2.75) is 37.4 Å². The predicted octanol–water partition coefficient (Wildman–Crippen LogP) is 0.280. The lowest BCUT2D eigenvalue weighted by Crippen LogP contribution is -2.59. The third kappa shape index (κ3) is 1.79. The quantitative estimate of drug-likeness (QED) is 0.641. The van der Waals surface area contributed by atoms with E-state index in [0.29, 0.717) is 6.10 Å². The molecule has 1 unspecified atom stereocenters. The van der Waals surface area contributed by atoms with E-state index in [1.807, 2.05) is 0 Å². The molecule has 12 heavy (non-hydrogen) atoms. The van der Waals surface area contributed by atoms with E-state index < -0.39 is 5.60 Å². The Morgan fingerprint density at radius 2 is 2.33 bits per heavy atom. The van der Waals surface area contributed by atoms with Gasteiger partial charge in [-0.15, -0.1) is 0 Å². The highest BCUT2D eigenvalue weighted by atomic mass is 16.5. The normalized spacial score (nSPS) is 33.2. The summed E-state index contributed by atoms with van der Waals surface area (Å²) in [5.41, 5.74) is -0.411. The molecule has 0 spiro atoms. The second-order valence-corrected chi connectivity index (χ2v) is 4.00. The molecule has 2 aliphatic rings. The molecule has 2 aliphatic heterocycles. The van der Waals surface area contributed by atoms with Crippen LogP contribution < -0.4 is 5.32 Å². The molecule has 0 radical (unpaired) electrons. The molecular weight excluding hydrogens is 154 g/mol. The molecular formula is C9H17NO2. The molecule has 0 aromatic rings. The van der Waals surface area contributed by atoms with Crippen LogP contribution >= 0.6 is 0 Å². The lowest BCUT2D eigenvalue weighted by atomic mass is 9.90. The third-order valence-electron chi connectivity index (χ3n) is 2.86. The van der Waals surface area contributed by atoms with Crippen molar-refractivity contribution in [2.24, 2.45) is 0 Å². The maximum absolute atomic E-state index is 9.75. The van der Waals surface area contributed by atoms with Crippen molar-refractivity contribution in [1.82, 2.24) is 5.32 Å². The van der Waals surface area contributed by atoms with Crippen LogP contribution in [0, 0.1) is 0 Å². The highest BCUT2D eigenvalue weighted by Gasteiger charge is 2.34. The number of rotatable bonds is 3. The van der Waals surface area contributed by atoms with Gasteiger partial charge in [-0.05, 0) is 25.7 Å². The number of β-amino-alcohol motifs (C(OH)–C–C–N with tert-alkyl or cyclic N) is 1. The molecule has 0 amide bonds. The Kier molecular flexibility index (Phi) is 2.35. The summed E-state index contributed by atoms with van der Waals surface area (Å²) in [6.07, 6.45) is 4.72. The van der Waals surface area contributed by atoms with Gasteiger partial charge in [0.2, 0.25) is 0 Å². The zero-order valence-electron chi connectivity index (χ0n) is 7.38. The molecule has 3 nitrogen and oxygen atoms in total. The molecule has 2 saturated heterocycles. The first kappa shape index (κ1) is 8.48. The van der Waals surface area contributed by atoms with Gasteiger partial charge >= 0.3 is 0 Å². The minimum absolute atomic E-state index is 0.411. The second kappa shape index (κ2) is 3.32. The zero-order chi connectivity index (χ0) is 8.44. The smallest absolute Gasteiger partial charge is 0.0896 e. The predicted molar refractivity (Wildman–Crippen MR) is 46.0 cm³/mol. The lowest BCUT2D eigenvalue weighted by molar-refractivity contribution is -0.0299. The number of hydrogen-bond acceptors (Lipinski definition) is 3. The van der Waals surface area contributed by atoms with Crippen LogP contribution in [0.4, 0.5) is 0 Å². The van der Waals surface area contributed by atoms with Crippen molar-refractivity contribution >= 4 is 0 Å². The van der Waals surface area contributed by atoms with Gasteiger partial charge < -0.3 is 15.2 Å². The first-order valence-corrected chi connectivity index (χ1v) is 4.83. The molecule has 0 aromatic heterocycles. The molecule has 3 heteroatoms. The molecule has 0 saturated carbocycles. The summed E-state index contributed by atoms with van der Waals surface area (Å²) in [6, 6.07) is 0. The van der Waals surface area contributed by atoms with Crippen LogP contribution in [0.5, 0.6) is 0 Å². The summed E-state index contributed by atoms with van der Waals surface area (Å²) in [7, 11) is 0. The van der Waals surface area contributed by atoms with E-state index in [1.165, 1.54) is 12.8 Å². The van der Waals surface area contributed by atoms with Gasteiger partial charge in [-0.2, -0.15) is 0 Å². The fourth-order valence-corrected chi connectivity index (χ4v) is 1.89. The Morgan fingerprint density at radius 3 is 2.83 bits per heavy atom. The Balaban J connectivity index is 1.67. The summed E-state index contributed by atoms with van der Waals surface area (Å²) in [6.45, 7) is 2.45. The standard InChI is InChI=1S/C9H17NO2/c11-9(6-10-7-9)4-3-8-2-1-5-12-8/h8,10-11H,1-7H2. The van der Waals surface area contributed by atoms with Gasteiger partial charge in [0.1, 0.15) is 0 Å². The van der Waals surface area contributed by atoms with E-state index in [9.17, 15) is 5.11 Å². The topological polar surface area (TPSA) is 41.5 Å². The Labute approximate surface area is 73.1 Å². The SMILES string of the molecule is OC1(CCC2CCCO2)CNC1. The van der Waals surface area contributed by atoms with Gasteiger partial charge in [-0.3, -0.25) is 0 Å². The van der Waals surface area contributed by atoms with Gasteiger partial charge in [-0.1, -0.05) is 0 Å². The fourth-order valence-electron chi connectivity index (χ4n) is 1.89. The van der Waals surface area contributed by atoms with Gasteiger partial charge in [0.25, 0.3) is 0 Å². The Hall–Kier alpha value is -0.120. The molecule has 0 aliphatic carbocycles. The van der Waals surface area contributed by atoms with Crippen LogP contribution in [0.25, 0.3) is 0 Å². The molecule has 1 atom stereocenters. The summed E-state index contributed by atoms with van der Waals surface area (Å²) >= 11 is 0. The third-order valence-corrected chi connectivity index (χ3v) is 2.86. The lowest BCUT2D eigenvalue weighted by Gasteiger charge is -2.38. The van der Waals surface area contributed by atoms with Crippen LogP contribution in [0.2, 0.25) is 0 Å². The Morgan fingerprint density at radius 1 is 1.50 bits per heavy atom. The molecule has 2 heterocycles. The molecule has 70 valence electrons. The first-order chi connectivity index (χ1) is 5.79. The van der Waals surface area contributed by atoms with Crippen molar-refractivity contribution in [3.05, 3.63) is 0 Å². The maximum Gasteiger partial charge on any atom is 0.0896 e. The van der Waals surface area contributed by atoms with Crippen LogP contribution in [0.3, 0.4) is 0 Å². The second-order valence-electron chi connectivity index (χ2n) is 4.00. The van der Waals surface area contributed by atoms with E-state index in [1.54, 1.807) is 0 Å². The van der Waals surface area contributed by atoms with Gasteiger partial charge in [0.15, 0.2) is 0 Å². The highest BCUT2D eigenvalue weighted by Crippen LogP contribution is 2.23. The summed E-state index contributed by atoms with van der Waals surface area (Å²) < 4.78 is 5.49. The minimum atomic E-state index is -0.411. The molecule has 0 bridgehead atoms. The van der Waals surface area contributed by atoms with E-state index in [-0.39, 0.29) is 0 Å². The van der Waals surface area contributed by atoms with Crippen LogP contribution in [0.15, 0.2) is 0 Å². The summed E-state index contributed by atoms with van der Waals surface area (Å²) in [5.74, 6) is 0. The molecule has 0 aromatic carbocycles. The molecule has 2 rings (SSSR count). The van der Waals surface area contributed by atoms with Crippen LogP contribution in [0.1, 0.15) is 25.7 Å². The summed E-state index contributed by atoms with van der Waals surface area (Å²) in [4.78, 5) is 0. The Bertz CT molecular complexity index is 151. The van der Waals surface area contributed by atoms with Gasteiger partial charge in [0, 0.05) is 19.7 Å². The van der Waals surface area contributed by atoms with Gasteiger partial charge in [-0.25, -0.2) is 0 Å². The maximum atomic E-state index is 9.75. The van der Waals surface area contributed by atoms with E-state index >= 15 is 0 Å². The van der Waals surface area contributed by atoms with Crippen molar-refractivity contribution in [3.8, 4) is 0 Å². The number of nitrogens with one attached hydrogen (secondary N) is 1. The van der Waals surface area contributed by atoms with Crippen LogP contribution in [-0.4, -0.2) is 36.5 Å². The number of hydrogen-bond donors (Lipinski definition) is 2. The summed E-state index contributed by atoms with van der Waals surface area (Å²) in [5, 5.41) is 12.8. The van der Waals surface area contributed by atoms with E-state index in [4.69, 9.17) is 4.74 Å². The average Bonchev–Trinajstić information content (AvgIpc) is 2.49. The van der Waals surface area contributed by atoms with Crippen LogP contribution in [-0.2, 0) is 4.74 Å². The fraction of sp³-hybridized carbons (Fsp3) is 1.00. The highest BCUT2D eigenvalue weighted by molar-refractivity contribution is 4.92. The van der Waals surface area contributed by atoms with Crippen molar-refractivity contribution < 1.29 is 9.84 Å². The monoisotopic (exact) mass is 171 g/mol. The largest absolute Gasteiger partial charge is 0.387 e. The van der Waals surface area contributed by atoms with Crippen molar-refractivity contribution in [1.29, 1.82) is 0 Å². The van der Waals surface area contributed by atoms with E-state index in [2.05, 4.69) is 5.32 Å². The molecule has 2 N–H and O–H groups in total. The first-order valence-electron chi connectivity index (χ1n) is 4.83. The molecule has 2 fully saturated rings. The average molecular weight is 171 g/mol. The number of ether oxygens (including phenoxy) is 1. The van der Waals surface area contributed by atoms with Crippen molar-refractivity contribution in [2.75, 3.05) is 19.7 Å². The van der Waals surface area contributed by atoms with Crippen molar-refractivity contribution in [3.63, 3.8) is 0 Å². The zero-order valence-corrected chi connectivity index (χ0v) is 7.38.